The van der Waals surface area contributed by atoms with Crippen LogP contribution in [0.25, 0.3) is 11.2 Å². The van der Waals surface area contributed by atoms with Crippen LogP contribution in [0, 0.1) is 0 Å². The average molecular weight is 479 g/mol. The number of aromatic nitrogens is 4. The van der Waals surface area contributed by atoms with E-state index in [1.165, 1.54) is 11.6 Å². The van der Waals surface area contributed by atoms with Crippen molar-refractivity contribution >= 4 is 39.3 Å². The van der Waals surface area contributed by atoms with E-state index >= 15 is 0 Å². The number of rotatable bonds is 8. The second-order valence-electron chi connectivity index (χ2n) is 6.42. The molecule has 0 aliphatic rings. The molecule has 2 heterocycles. The smallest absolute Gasteiger partial charge is 0.332 e. The third-order valence-electron chi connectivity index (χ3n) is 4.57. The molecular weight excluding hydrogens is 456 g/mol. The Hall–Kier alpha value is -2.92. The molecule has 3 rings (SSSR count). The first-order valence-electron chi connectivity index (χ1n) is 9.25. The number of hydrogen-bond donors (Lipinski definition) is 1. The fourth-order valence-electron chi connectivity index (χ4n) is 3.02. The second kappa shape index (κ2) is 9.26. The number of anilines is 1. The molecule has 0 saturated heterocycles. The van der Waals surface area contributed by atoms with Crippen LogP contribution in [0.3, 0.4) is 0 Å². The fraction of sp³-hybridized carbons (Fsp3) is 0.368. The van der Waals surface area contributed by atoms with Crippen molar-refractivity contribution in [3.8, 4) is 5.75 Å². The normalized spacial score (nSPS) is 11.5. The number of nitrogens with one attached hydrogen (secondary N) is 1. The summed E-state index contributed by atoms with van der Waals surface area (Å²) < 4.78 is 15.7. The Labute approximate surface area is 180 Å². The standard InChI is InChI=1S/C19H23BrN6O4/c1-5-30-9-8-26-15-16(24(2)19(28)25(3)17(15)27)22-18(26)23-21-11-12-10-13(20)6-7-14(12)29-4/h6-7,10-11H,5,8-9H2,1-4H3,(H,22,23)/b21-11-. The molecule has 0 fully saturated rings. The van der Waals surface area contributed by atoms with Gasteiger partial charge in [0.25, 0.3) is 5.56 Å². The molecule has 1 N–H and O–H groups in total. The van der Waals surface area contributed by atoms with Gasteiger partial charge in [-0.3, -0.25) is 13.9 Å². The van der Waals surface area contributed by atoms with E-state index in [9.17, 15) is 9.59 Å². The molecular formula is C19H23BrN6O4. The van der Waals surface area contributed by atoms with Crippen molar-refractivity contribution in [2.75, 3.05) is 25.7 Å². The molecule has 0 saturated carbocycles. The molecule has 0 spiro atoms. The predicted molar refractivity (Wildman–Crippen MR) is 119 cm³/mol. The average Bonchev–Trinajstić information content (AvgIpc) is 3.09. The summed E-state index contributed by atoms with van der Waals surface area (Å²) in [5.74, 6) is 0.984. The highest BCUT2D eigenvalue weighted by Gasteiger charge is 2.18. The molecule has 0 aliphatic carbocycles. The van der Waals surface area contributed by atoms with Crippen molar-refractivity contribution in [2.24, 2.45) is 19.2 Å². The van der Waals surface area contributed by atoms with Crippen molar-refractivity contribution in [2.45, 2.75) is 13.5 Å². The van der Waals surface area contributed by atoms with Gasteiger partial charge < -0.3 is 14.0 Å². The number of ether oxygens (including phenoxy) is 2. The molecule has 0 atom stereocenters. The summed E-state index contributed by atoms with van der Waals surface area (Å²) in [7, 11) is 4.59. The monoisotopic (exact) mass is 478 g/mol. The van der Waals surface area contributed by atoms with Crippen molar-refractivity contribution in [3.05, 3.63) is 49.1 Å². The number of methoxy groups -OCH3 is 1. The Kier molecular flexibility index (Phi) is 6.73. The molecule has 10 nitrogen and oxygen atoms in total. The van der Waals surface area contributed by atoms with Gasteiger partial charge in [0.05, 0.1) is 19.9 Å². The van der Waals surface area contributed by atoms with Gasteiger partial charge in [0, 0.05) is 37.3 Å². The minimum atomic E-state index is -0.448. The molecule has 11 heteroatoms. The summed E-state index contributed by atoms with van der Waals surface area (Å²) in [6.45, 7) is 3.19. The van der Waals surface area contributed by atoms with Gasteiger partial charge in [-0.1, -0.05) is 15.9 Å². The Bertz CT molecular complexity index is 1210. The molecule has 30 heavy (non-hydrogen) atoms. The van der Waals surface area contributed by atoms with Crippen LogP contribution in [0.2, 0.25) is 0 Å². The van der Waals surface area contributed by atoms with E-state index in [4.69, 9.17) is 9.47 Å². The maximum atomic E-state index is 12.7. The molecule has 0 radical (unpaired) electrons. The Balaban J connectivity index is 2.04. The summed E-state index contributed by atoms with van der Waals surface area (Å²) in [4.78, 5) is 29.5. The minimum Gasteiger partial charge on any atom is -0.496 e. The van der Waals surface area contributed by atoms with Crippen molar-refractivity contribution < 1.29 is 9.47 Å². The van der Waals surface area contributed by atoms with Gasteiger partial charge in [0.15, 0.2) is 11.2 Å². The number of halogens is 1. The van der Waals surface area contributed by atoms with Crippen LogP contribution >= 0.6 is 15.9 Å². The zero-order chi connectivity index (χ0) is 21.8. The summed E-state index contributed by atoms with van der Waals surface area (Å²) in [6, 6.07) is 5.55. The van der Waals surface area contributed by atoms with E-state index in [2.05, 4.69) is 31.4 Å². The van der Waals surface area contributed by atoms with E-state index in [-0.39, 0.29) is 5.65 Å². The van der Waals surface area contributed by atoms with Gasteiger partial charge >= 0.3 is 5.69 Å². The lowest BCUT2D eigenvalue weighted by Crippen LogP contribution is -2.37. The Morgan fingerprint density at radius 1 is 1.27 bits per heavy atom. The van der Waals surface area contributed by atoms with Crippen LogP contribution < -0.4 is 21.4 Å². The minimum absolute atomic E-state index is 0.275. The van der Waals surface area contributed by atoms with Gasteiger partial charge in [0.1, 0.15) is 5.75 Å². The lowest BCUT2D eigenvalue weighted by molar-refractivity contribution is 0.140. The molecule has 0 bridgehead atoms. The van der Waals surface area contributed by atoms with Gasteiger partial charge in [-0.25, -0.2) is 10.2 Å². The third kappa shape index (κ3) is 4.17. The highest BCUT2D eigenvalue weighted by Crippen LogP contribution is 2.21. The topological polar surface area (TPSA) is 105 Å². The van der Waals surface area contributed by atoms with Crippen molar-refractivity contribution in [1.82, 2.24) is 18.7 Å². The zero-order valence-corrected chi connectivity index (χ0v) is 18.8. The fourth-order valence-corrected chi connectivity index (χ4v) is 3.39. The molecule has 160 valence electrons. The Morgan fingerprint density at radius 2 is 2.03 bits per heavy atom. The van der Waals surface area contributed by atoms with Gasteiger partial charge in [0.2, 0.25) is 5.95 Å². The van der Waals surface area contributed by atoms with E-state index in [0.717, 1.165) is 14.6 Å². The lowest BCUT2D eigenvalue weighted by atomic mass is 10.2. The molecule has 1 aromatic carbocycles. The number of benzene rings is 1. The first-order valence-corrected chi connectivity index (χ1v) is 10.0. The second-order valence-corrected chi connectivity index (χ2v) is 7.33. The lowest BCUT2D eigenvalue weighted by Gasteiger charge is -2.09. The van der Waals surface area contributed by atoms with E-state index < -0.39 is 11.2 Å². The maximum Gasteiger partial charge on any atom is 0.332 e. The van der Waals surface area contributed by atoms with Crippen LogP contribution in [0.1, 0.15) is 12.5 Å². The van der Waals surface area contributed by atoms with E-state index in [1.807, 2.05) is 25.1 Å². The highest BCUT2D eigenvalue weighted by molar-refractivity contribution is 9.10. The number of imidazole rings is 1. The van der Waals surface area contributed by atoms with Gasteiger partial charge in [-0.2, -0.15) is 10.1 Å². The number of hydrazone groups is 1. The van der Waals surface area contributed by atoms with Crippen molar-refractivity contribution in [1.29, 1.82) is 0 Å². The quantitative estimate of drug-likeness (QED) is 0.300. The van der Waals surface area contributed by atoms with Crippen LogP contribution in [0.4, 0.5) is 5.95 Å². The first-order chi connectivity index (χ1) is 14.4. The Morgan fingerprint density at radius 3 is 2.73 bits per heavy atom. The van der Waals surface area contributed by atoms with Crippen LogP contribution in [0.15, 0.2) is 37.4 Å². The van der Waals surface area contributed by atoms with E-state index in [0.29, 0.717) is 37.0 Å². The first kappa shape index (κ1) is 21.8. The molecule has 2 aromatic heterocycles. The van der Waals surface area contributed by atoms with Gasteiger partial charge in [-0.05, 0) is 25.1 Å². The molecule has 0 unspecified atom stereocenters. The summed E-state index contributed by atoms with van der Waals surface area (Å²) in [5.41, 5.74) is 3.33. The highest BCUT2D eigenvalue weighted by atomic mass is 79.9. The maximum absolute atomic E-state index is 12.7. The number of hydrogen-bond acceptors (Lipinski definition) is 7. The van der Waals surface area contributed by atoms with Crippen LogP contribution in [0.5, 0.6) is 5.75 Å². The van der Waals surface area contributed by atoms with Crippen LogP contribution in [-0.4, -0.2) is 45.2 Å². The molecule has 0 amide bonds. The summed E-state index contributed by atoms with van der Waals surface area (Å²) in [5, 5.41) is 4.25. The molecule has 0 aliphatic heterocycles. The molecule has 3 aromatic rings. The van der Waals surface area contributed by atoms with E-state index in [1.54, 1.807) is 24.9 Å². The van der Waals surface area contributed by atoms with Gasteiger partial charge in [-0.15, -0.1) is 0 Å². The SMILES string of the molecule is CCOCCn1c(N/N=C\c2cc(Br)ccc2OC)nc2c1c(=O)n(C)c(=O)n2C. The number of fused-ring (bicyclic) bond motifs is 1. The summed E-state index contributed by atoms with van der Waals surface area (Å²) in [6.07, 6.45) is 1.59. The summed E-state index contributed by atoms with van der Waals surface area (Å²) >= 11 is 3.42. The predicted octanol–water partition coefficient (Wildman–Crippen LogP) is 1.69. The number of aryl methyl sites for hydroxylation is 1. The zero-order valence-electron chi connectivity index (χ0n) is 17.2. The largest absolute Gasteiger partial charge is 0.496 e. The third-order valence-corrected chi connectivity index (χ3v) is 5.06. The van der Waals surface area contributed by atoms with Crippen molar-refractivity contribution in [3.63, 3.8) is 0 Å². The van der Waals surface area contributed by atoms with Crippen LogP contribution in [-0.2, 0) is 25.4 Å². The number of nitrogens with zero attached hydrogens (tertiary/aromatic N) is 5.